The van der Waals surface area contributed by atoms with Crippen molar-refractivity contribution >= 4 is 11.6 Å². The maximum atomic E-state index is 12.2. The quantitative estimate of drug-likeness (QED) is 0.593. The number of nitrogens with zero attached hydrogens (tertiary/aromatic N) is 1. The Kier molecular flexibility index (Phi) is 6.81. The van der Waals surface area contributed by atoms with Gasteiger partial charge in [-0.1, -0.05) is 18.2 Å². The van der Waals surface area contributed by atoms with Crippen LogP contribution in [0, 0.1) is 25.2 Å². The second-order valence-electron chi connectivity index (χ2n) is 6.04. The van der Waals surface area contributed by atoms with E-state index in [0.29, 0.717) is 13.0 Å². The van der Waals surface area contributed by atoms with Gasteiger partial charge in [0.1, 0.15) is 17.4 Å². The van der Waals surface area contributed by atoms with Crippen molar-refractivity contribution in [2.45, 2.75) is 20.3 Å². The Bertz CT molecular complexity index is 813. The number of methoxy groups -OCH3 is 1. The Labute approximate surface area is 154 Å². The third-order valence-electron chi connectivity index (χ3n) is 3.83. The van der Waals surface area contributed by atoms with Crippen molar-refractivity contribution in [3.05, 3.63) is 70.9 Å². The molecular weight excluding hydrogens is 326 g/mol. The lowest BCUT2D eigenvalue weighted by Gasteiger charge is -2.07. The highest BCUT2D eigenvalue weighted by Gasteiger charge is 2.08. The van der Waals surface area contributed by atoms with E-state index in [1.165, 1.54) is 6.20 Å². The van der Waals surface area contributed by atoms with E-state index in [1.54, 1.807) is 7.11 Å². The first kappa shape index (κ1) is 19.1. The van der Waals surface area contributed by atoms with Crippen LogP contribution in [-0.2, 0) is 11.2 Å². The Morgan fingerprint density at radius 1 is 1.15 bits per heavy atom. The molecule has 0 saturated heterocycles. The monoisotopic (exact) mass is 349 g/mol. The molecule has 1 amide bonds. The van der Waals surface area contributed by atoms with Crippen LogP contribution in [-0.4, -0.2) is 19.6 Å². The molecule has 26 heavy (non-hydrogen) atoms. The van der Waals surface area contributed by atoms with E-state index in [1.807, 2.05) is 56.3 Å². The number of anilines is 1. The second kappa shape index (κ2) is 9.28. The highest BCUT2D eigenvalue weighted by atomic mass is 16.5. The topological polar surface area (TPSA) is 74.1 Å². The molecule has 0 bridgehead atoms. The maximum Gasteiger partial charge on any atom is 0.263 e. The second-order valence-corrected chi connectivity index (χ2v) is 6.04. The number of benzene rings is 2. The van der Waals surface area contributed by atoms with Gasteiger partial charge >= 0.3 is 0 Å². The van der Waals surface area contributed by atoms with Crippen molar-refractivity contribution < 1.29 is 9.53 Å². The third-order valence-corrected chi connectivity index (χ3v) is 3.83. The zero-order valence-electron chi connectivity index (χ0n) is 15.3. The predicted molar refractivity (Wildman–Crippen MR) is 103 cm³/mol. The average molecular weight is 349 g/mol. The van der Waals surface area contributed by atoms with E-state index < -0.39 is 5.91 Å². The summed E-state index contributed by atoms with van der Waals surface area (Å²) in [5.74, 6) is 0.405. The summed E-state index contributed by atoms with van der Waals surface area (Å²) in [6, 6.07) is 15.6. The van der Waals surface area contributed by atoms with Gasteiger partial charge in [0, 0.05) is 18.4 Å². The van der Waals surface area contributed by atoms with Gasteiger partial charge in [0.2, 0.25) is 0 Å². The van der Waals surface area contributed by atoms with Crippen LogP contribution in [0.15, 0.2) is 54.2 Å². The number of carbonyl (C=O) groups is 1. The van der Waals surface area contributed by atoms with Gasteiger partial charge in [-0.15, -0.1) is 0 Å². The van der Waals surface area contributed by atoms with Gasteiger partial charge in [0.05, 0.1) is 7.11 Å². The van der Waals surface area contributed by atoms with Gasteiger partial charge in [-0.2, -0.15) is 5.26 Å². The number of rotatable bonds is 7. The predicted octanol–water partition coefficient (Wildman–Crippen LogP) is 3.49. The van der Waals surface area contributed by atoms with Crippen LogP contribution in [0.1, 0.15) is 16.7 Å². The van der Waals surface area contributed by atoms with E-state index in [2.05, 4.69) is 16.7 Å². The molecule has 0 aliphatic heterocycles. The van der Waals surface area contributed by atoms with Gasteiger partial charge in [-0.25, -0.2) is 0 Å². The first-order valence-corrected chi connectivity index (χ1v) is 8.38. The molecule has 2 aromatic rings. The van der Waals surface area contributed by atoms with Crippen molar-refractivity contribution in [1.82, 2.24) is 5.32 Å². The lowest BCUT2D eigenvalue weighted by Crippen LogP contribution is -2.27. The van der Waals surface area contributed by atoms with E-state index in [9.17, 15) is 10.1 Å². The number of carbonyl (C=O) groups excluding carboxylic acids is 1. The van der Waals surface area contributed by atoms with Crippen molar-refractivity contribution in [3.63, 3.8) is 0 Å². The van der Waals surface area contributed by atoms with Crippen LogP contribution in [0.4, 0.5) is 5.69 Å². The summed E-state index contributed by atoms with van der Waals surface area (Å²) in [5, 5.41) is 15.0. The molecule has 0 fully saturated rings. The molecule has 5 heteroatoms. The summed E-state index contributed by atoms with van der Waals surface area (Å²) < 4.78 is 5.12. The SMILES string of the molecule is COc1ccc(CCNC(=O)/C(C#N)=C\Nc2cc(C)cc(C)c2)cc1. The Hall–Kier alpha value is -3.26. The first-order chi connectivity index (χ1) is 12.5. The molecule has 2 rings (SSSR count). The molecule has 0 aliphatic carbocycles. The molecule has 0 atom stereocenters. The molecule has 0 spiro atoms. The summed E-state index contributed by atoms with van der Waals surface area (Å²) >= 11 is 0. The molecule has 0 radical (unpaired) electrons. The number of amides is 1. The minimum Gasteiger partial charge on any atom is -0.497 e. The lowest BCUT2D eigenvalue weighted by molar-refractivity contribution is -0.117. The highest BCUT2D eigenvalue weighted by Crippen LogP contribution is 2.14. The molecule has 0 heterocycles. The summed E-state index contributed by atoms with van der Waals surface area (Å²) in [4.78, 5) is 12.2. The average Bonchev–Trinajstić information content (AvgIpc) is 2.62. The largest absolute Gasteiger partial charge is 0.497 e. The fraction of sp³-hybridized carbons (Fsp3) is 0.238. The molecular formula is C21H23N3O2. The molecule has 5 nitrogen and oxygen atoms in total. The number of ether oxygens (including phenoxy) is 1. The van der Waals surface area contributed by atoms with Gasteiger partial charge in [-0.3, -0.25) is 4.79 Å². The molecule has 2 aromatic carbocycles. The summed E-state index contributed by atoms with van der Waals surface area (Å²) in [6.07, 6.45) is 2.12. The van der Waals surface area contributed by atoms with Crippen molar-refractivity contribution in [3.8, 4) is 11.8 Å². The van der Waals surface area contributed by atoms with Crippen LogP contribution in [0.25, 0.3) is 0 Å². The molecule has 134 valence electrons. The van der Waals surface area contributed by atoms with E-state index >= 15 is 0 Å². The smallest absolute Gasteiger partial charge is 0.263 e. The van der Waals surface area contributed by atoms with Crippen LogP contribution in [0.5, 0.6) is 5.75 Å². The minimum atomic E-state index is -0.391. The number of nitriles is 1. The minimum absolute atomic E-state index is 0.0406. The molecule has 2 N–H and O–H groups in total. The van der Waals surface area contributed by atoms with Crippen LogP contribution >= 0.6 is 0 Å². The summed E-state index contributed by atoms with van der Waals surface area (Å²) in [6.45, 7) is 4.45. The van der Waals surface area contributed by atoms with Crippen molar-refractivity contribution in [1.29, 1.82) is 5.26 Å². The number of hydrogen-bond acceptors (Lipinski definition) is 4. The van der Waals surface area contributed by atoms with Crippen LogP contribution in [0.3, 0.4) is 0 Å². The van der Waals surface area contributed by atoms with Gasteiger partial charge in [0.25, 0.3) is 5.91 Å². The molecule has 0 saturated carbocycles. The summed E-state index contributed by atoms with van der Waals surface area (Å²) in [7, 11) is 1.62. The first-order valence-electron chi connectivity index (χ1n) is 8.38. The van der Waals surface area contributed by atoms with Crippen molar-refractivity contribution in [2.75, 3.05) is 19.0 Å². The maximum absolute atomic E-state index is 12.2. The van der Waals surface area contributed by atoms with Gasteiger partial charge < -0.3 is 15.4 Å². The zero-order valence-corrected chi connectivity index (χ0v) is 15.3. The van der Waals surface area contributed by atoms with Gasteiger partial charge in [0.15, 0.2) is 0 Å². The van der Waals surface area contributed by atoms with Crippen LogP contribution in [0.2, 0.25) is 0 Å². The van der Waals surface area contributed by atoms with E-state index in [0.717, 1.165) is 28.1 Å². The lowest BCUT2D eigenvalue weighted by atomic mass is 10.1. The van der Waals surface area contributed by atoms with Crippen LogP contribution < -0.4 is 15.4 Å². The number of nitrogens with one attached hydrogen (secondary N) is 2. The summed E-state index contributed by atoms with van der Waals surface area (Å²) in [5.41, 5.74) is 4.20. The fourth-order valence-corrected chi connectivity index (χ4v) is 2.57. The number of aryl methyl sites for hydroxylation is 2. The standard InChI is InChI=1S/C21H23N3O2/c1-15-10-16(2)12-19(11-15)24-14-18(13-22)21(25)23-9-8-17-4-6-20(26-3)7-5-17/h4-7,10-12,14,24H,8-9H2,1-3H3,(H,23,25)/b18-14-. The Balaban J connectivity index is 1.90. The zero-order chi connectivity index (χ0) is 18.9. The third kappa shape index (κ3) is 5.67. The van der Waals surface area contributed by atoms with E-state index in [-0.39, 0.29) is 5.57 Å². The molecule has 0 aromatic heterocycles. The Morgan fingerprint density at radius 3 is 2.38 bits per heavy atom. The van der Waals surface area contributed by atoms with E-state index in [4.69, 9.17) is 4.74 Å². The van der Waals surface area contributed by atoms with Crippen molar-refractivity contribution in [2.24, 2.45) is 0 Å². The molecule has 0 aliphatic rings. The number of hydrogen-bond donors (Lipinski definition) is 2. The fourth-order valence-electron chi connectivity index (χ4n) is 2.57. The van der Waals surface area contributed by atoms with Gasteiger partial charge in [-0.05, 0) is 61.2 Å². The normalized spacial score (nSPS) is 10.8. The molecule has 0 unspecified atom stereocenters. The Morgan fingerprint density at radius 2 is 1.81 bits per heavy atom. The highest BCUT2D eigenvalue weighted by molar-refractivity contribution is 5.97.